The predicted molar refractivity (Wildman–Crippen MR) is 92.7 cm³/mol. The highest BCUT2D eigenvalue weighted by atomic mass is 35.5. The summed E-state index contributed by atoms with van der Waals surface area (Å²) in [5.74, 6) is 0. The number of carbonyl (C=O) groups excluding carboxylic acids is 1. The number of carbonyl (C=O) groups is 1. The molecule has 2 aromatic rings. The zero-order valence-corrected chi connectivity index (χ0v) is 14.4. The third kappa shape index (κ3) is 5.08. The number of benzene rings is 1. The largest absolute Gasteiger partial charge is 0.444 e. The second kappa shape index (κ2) is 7.15. The Morgan fingerprint density at radius 3 is 2.74 bits per heavy atom. The maximum atomic E-state index is 11.9. The fraction of sp³-hybridized carbons (Fsp3) is 0.412. The van der Waals surface area contributed by atoms with Crippen molar-refractivity contribution >= 4 is 28.6 Å². The summed E-state index contributed by atoms with van der Waals surface area (Å²) in [6.07, 6.45) is 0.00434. The summed E-state index contributed by atoms with van der Waals surface area (Å²) in [4.78, 5) is 16.3. The number of hydrogen-bond acceptors (Lipinski definition) is 4. The SMILES string of the molecule is CC(C)(C)OC(=O)NC(CN)Cc1cc2ccccc2nc1Cl. The van der Waals surface area contributed by atoms with Crippen molar-refractivity contribution in [3.8, 4) is 0 Å². The molecule has 0 aliphatic rings. The number of nitrogens with two attached hydrogens (primary N) is 1. The topological polar surface area (TPSA) is 77.2 Å². The molecule has 23 heavy (non-hydrogen) atoms. The van der Waals surface area contributed by atoms with Crippen LogP contribution in [-0.4, -0.2) is 29.3 Å². The Hall–Kier alpha value is -1.85. The van der Waals surface area contributed by atoms with Gasteiger partial charge < -0.3 is 15.8 Å². The highest BCUT2D eigenvalue weighted by molar-refractivity contribution is 6.30. The summed E-state index contributed by atoms with van der Waals surface area (Å²) < 4.78 is 5.25. The van der Waals surface area contributed by atoms with Crippen molar-refractivity contribution in [2.45, 2.75) is 38.8 Å². The maximum absolute atomic E-state index is 11.9. The Labute approximate surface area is 141 Å². The van der Waals surface area contributed by atoms with E-state index in [1.54, 1.807) is 0 Å². The summed E-state index contributed by atoms with van der Waals surface area (Å²) in [5.41, 5.74) is 6.89. The molecule has 0 fully saturated rings. The number of halogens is 1. The van der Waals surface area contributed by atoms with Gasteiger partial charge in [0.25, 0.3) is 0 Å². The Morgan fingerprint density at radius 2 is 2.09 bits per heavy atom. The molecule has 0 saturated heterocycles. The number of fused-ring (bicyclic) bond motifs is 1. The fourth-order valence-corrected chi connectivity index (χ4v) is 2.44. The smallest absolute Gasteiger partial charge is 0.407 e. The number of rotatable bonds is 4. The quantitative estimate of drug-likeness (QED) is 0.840. The lowest BCUT2D eigenvalue weighted by Crippen LogP contribution is -2.44. The number of pyridine rings is 1. The summed E-state index contributed by atoms with van der Waals surface area (Å²) in [6, 6.07) is 9.44. The highest BCUT2D eigenvalue weighted by Gasteiger charge is 2.20. The third-order valence-corrected chi connectivity index (χ3v) is 3.55. The zero-order chi connectivity index (χ0) is 17.0. The van der Waals surface area contributed by atoms with E-state index in [1.165, 1.54) is 0 Å². The molecule has 1 aromatic heterocycles. The van der Waals surface area contributed by atoms with Crippen LogP contribution in [0.25, 0.3) is 10.9 Å². The summed E-state index contributed by atoms with van der Waals surface area (Å²) in [5, 5.41) is 4.20. The minimum atomic E-state index is -0.550. The van der Waals surface area contributed by atoms with Crippen molar-refractivity contribution in [2.24, 2.45) is 5.73 Å². The second-order valence-electron chi connectivity index (χ2n) is 6.41. The lowest BCUT2D eigenvalue weighted by Gasteiger charge is -2.23. The molecule has 0 radical (unpaired) electrons. The molecule has 3 N–H and O–H groups in total. The van der Waals surface area contributed by atoms with E-state index in [1.807, 2.05) is 51.1 Å². The molecule has 1 heterocycles. The van der Waals surface area contributed by atoms with Crippen LogP contribution < -0.4 is 11.1 Å². The fourth-order valence-electron chi connectivity index (χ4n) is 2.21. The molecular formula is C17H22ClN3O2. The van der Waals surface area contributed by atoms with Gasteiger partial charge in [-0.2, -0.15) is 0 Å². The van der Waals surface area contributed by atoms with Crippen LogP contribution in [-0.2, 0) is 11.2 Å². The van der Waals surface area contributed by atoms with Crippen molar-refractivity contribution < 1.29 is 9.53 Å². The van der Waals surface area contributed by atoms with Crippen LogP contribution in [0.1, 0.15) is 26.3 Å². The molecule has 0 aliphatic carbocycles. The minimum absolute atomic E-state index is 0.273. The Bertz CT molecular complexity index is 698. The molecule has 0 spiro atoms. The monoisotopic (exact) mass is 335 g/mol. The molecule has 1 aromatic carbocycles. The molecule has 1 amide bonds. The van der Waals surface area contributed by atoms with Crippen molar-refractivity contribution in [1.82, 2.24) is 10.3 Å². The van der Waals surface area contributed by atoms with Gasteiger partial charge in [0.1, 0.15) is 10.8 Å². The molecule has 5 nitrogen and oxygen atoms in total. The molecule has 6 heteroatoms. The number of alkyl carbamates (subject to hydrolysis) is 1. The van der Waals surface area contributed by atoms with Crippen LogP contribution in [0.5, 0.6) is 0 Å². The number of hydrogen-bond donors (Lipinski definition) is 2. The van der Waals surface area contributed by atoms with Gasteiger partial charge in [-0.1, -0.05) is 29.8 Å². The second-order valence-corrected chi connectivity index (χ2v) is 6.77. The standard InChI is InChI=1S/C17H22ClN3O2/c1-17(2,3)23-16(22)20-13(10-19)9-12-8-11-6-4-5-7-14(11)21-15(12)18/h4-8,13H,9-10,19H2,1-3H3,(H,20,22). The van der Waals surface area contributed by atoms with Crippen LogP contribution in [0, 0.1) is 0 Å². The van der Waals surface area contributed by atoms with Crippen molar-refractivity contribution in [3.05, 3.63) is 41.0 Å². The van der Waals surface area contributed by atoms with Gasteiger partial charge in [0.05, 0.1) is 5.52 Å². The molecule has 0 aliphatic heterocycles. The van der Waals surface area contributed by atoms with Gasteiger partial charge in [-0.05, 0) is 44.9 Å². The third-order valence-electron chi connectivity index (χ3n) is 3.22. The van der Waals surface area contributed by atoms with Crippen molar-refractivity contribution in [2.75, 3.05) is 6.54 Å². The highest BCUT2D eigenvalue weighted by Crippen LogP contribution is 2.21. The molecule has 124 valence electrons. The number of nitrogens with one attached hydrogen (secondary N) is 1. The van der Waals surface area contributed by atoms with Gasteiger partial charge >= 0.3 is 6.09 Å². The van der Waals surface area contributed by atoms with E-state index in [9.17, 15) is 4.79 Å². The summed E-state index contributed by atoms with van der Waals surface area (Å²) >= 11 is 6.25. The lowest BCUT2D eigenvalue weighted by atomic mass is 10.1. The number of nitrogens with zero attached hydrogens (tertiary/aromatic N) is 1. The van der Waals surface area contributed by atoms with E-state index in [2.05, 4.69) is 10.3 Å². The van der Waals surface area contributed by atoms with E-state index in [-0.39, 0.29) is 12.6 Å². The predicted octanol–water partition coefficient (Wildman–Crippen LogP) is 3.28. The van der Waals surface area contributed by atoms with Gasteiger partial charge in [0.15, 0.2) is 0 Å². The maximum Gasteiger partial charge on any atom is 0.407 e. The first-order chi connectivity index (χ1) is 10.8. The first-order valence-electron chi connectivity index (χ1n) is 7.52. The molecule has 1 atom stereocenters. The van der Waals surface area contributed by atoms with Crippen molar-refractivity contribution in [3.63, 3.8) is 0 Å². The van der Waals surface area contributed by atoms with Gasteiger partial charge in [-0.15, -0.1) is 0 Å². The van der Waals surface area contributed by atoms with Gasteiger partial charge in [-0.25, -0.2) is 9.78 Å². The first kappa shape index (κ1) is 17.5. The average Bonchev–Trinajstić information content (AvgIpc) is 2.45. The zero-order valence-electron chi connectivity index (χ0n) is 13.6. The van der Waals surface area contributed by atoms with Gasteiger partial charge in [0.2, 0.25) is 0 Å². The summed E-state index contributed by atoms with van der Waals surface area (Å²) in [6.45, 7) is 5.72. The number of ether oxygens (including phenoxy) is 1. The lowest BCUT2D eigenvalue weighted by molar-refractivity contribution is 0.0506. The molecule has 0 bridgehead atoms. The Balaban J connectivity index is 2.12. The first-order valence-corrected chi connectivity index (χ1v) is 7.90. The van der Waals surface area contributed by atoms with E-state index >= 15 is 0 Å². The van der Waals surface area contributed by atoms with Crippen LogP contribution in [0.3, 0.4) is 0 Å². The Kier molecular flexibility index (Phi) is 5.44. The number of aromatic nitrogens is 1. The molecule has 1 unspecified atom stereocenters. The molecular weight excluding hydrogens is 314 g/mol. The van der Waals surface area contributed by atoms with Crippen LogP contribution in [0.15, 0.2) is 30.3 Å². The Morgan fingerprint density at radius 1 is 1.39 bits per heavy atom. The normalized spacial score (nSPS) is 12.9. The number of amides is 1. The van der Waals surface area contributed by atoms with Gasteiger partial charge in [0, 0.05) is 18.0 Å². The number of para-hydroxylation sites is 1. The van der Waals surface area contributed by atoms with E-state index in [4.69, 9.17) is 22.1 Å². The molecule has 2 rings (SSSR count). The van der Waals surface area contributed by atoms with E-state index < -0.39 is 11.7 Å². The average molecular weight is 336 g/mol. The molecule has 0 saturated carbocycles. The minimum Gasteiger partial charge on any atom is -0.444 e. The van der Waals surface area contributed by atoms with Crippen molar-refractivity contribution in [1.29, 1.82) is 0 Å². The van der Waals surface area contributed by atoms with Crippen LogP contribution in [0.4, 0.5) is 4.79 Å². The van der Waals surface area contributed by atoms with E-state index in [0.29, 0.717) is 11.6 Å². The van der Waals surface area contributed by atoms with Crippen LogP contribution in [0.2, 0.25) is 5.15 Å². The van der Waals surface area contributed by atoms with Gasteiger partial charge in [-0.3, -0.25) is 0 Å². The summed E-state index contributed by atoms with van der Waals surface area (Å²) in [7, 11) is 0. The van der Waals surface area contributed by atoms with Crippen LogP contribution >= 0.6 is 11.6 Å². The van der Waals surface area contributed by atoms with E-state index in [0.717, 1.165) is 16.5 Å².